The molecule has 0 aromatic heterocycles. The minimum absolute atomic E-state index is 0.241. The maximum Gasteiger partial charge on any atom is 0.219 e. The molecule has 0 bridgehead atoms. The van der Waals surface area contributed by atoms with Crippen molar-refractivity contribution in [1.29, 1.82) is 0 Å². The van der Waals surface area contributed by atoms with Crippen LogP contribution in [0.2, 0.25) is 0 Å². The van der Waals surface area contributed by atoms with Crippen molar-refractivity contribution in [2.75, 3.05) is 26.2 Å². The third-order valence-electron chi connectivity index (χ3n) is 4.08. The zero-order valence-corrected chi connectivity index (χ0v) is 10.1. The summed E-state index contributed by atoms with van der Waals surface area (Å²) < 4.78 is 0. The predicted octanol–water partition coefficient (Wildman–Crippen LogP) is 1.34. The Bertz CT molecular complexity index is 246. The Morgan fingerprint density at radius 1 is 1.20 bits per heavy atom. The van der Waals surface area contributed by atoms with E-state index in [-0.39, 0.29) is 5.91 Å². The summed E-state index contributed by atoms with van der Waals surface area (Å²) in [5.74, 6) is 0.241. The number of amides is 1. The van der Waals surface area contributed by atoms with E-state index in [1.165, 1.54) is 25.9 Å². The number of hydrogen-bond acceptors (Lipinski definition) is 2. The van der Waals surface area contributed by atoms with E-state index in [1.807, 2.05) is 4.90 Å². The molecule has 2 saturated heterocycles. The zero-order valence-electron chi connectivity index (χ0n) is 10.1. The SMILES string of the molecule is CC(=O)N1CCC2(CC1)CN(C(C)C)C2. The van der Waals surface area contributed by atoms with Gasteiger partial charge in [0.1, 0.15) is 0 Å². The topological polar surface area (TPSA) is 23.6 Å². The lowest BCUT2D eigenvalue weighted by Gasteiger charge is -2.55. The Morgan fingerprint density at radius 3 is 2.13 bits per heavy atom. The van der Waals surface area contributed by atoms with Gasteiger partial charge in [-0.25, -0.2) is 0 Å². The van der Waals surface area contributed by atoms with Gasteiger partial charge in [-0.05, 0) is 32.1 Å². The van der Waals surface area contributed by atoms with Crippen LogP contribution in [0.4, 0.5) is 0 Å². The van der Waals surface area contributed by atoms with Crippen molar-refractivity contribution in [3.05, 3.63) is 0 Å². The number of nitrogens with zero attached hydrogens (tertiary/aromatic N) is 2. The lowest BCUT2D eigenvalue weighted by atomic mass is 9.71. The molecular weight excluding hydrogens is 188 g/mol. The summed E-state index contributed by atoms with van der Waals surface area (Å²) in [4.78, 5) is 15.7. The highest BCUT2D eigenvalue weighted by Gasteiger charge is 2.45. The molecular formula is C12H22N2O. The minimum atomic E-state index is 0.241. The molecule has 0 unspecified atom stereocenters. The van der Waals surface area contributed by atoms with E-state index in [4.69, 9.17) is 0 Å². The molecule has 0 aromatic carbocycles. The lowest BCUT2D eigenvalue weighted by Crippen LogP contribution is -2.62. The van der Waals surface area contributed by atoms with Gasteiger partial charge in [0.05, 0.1) is 0 Å². The standard InChI is InChI=1S/C12H22N2O/c1-10(2)14-8-12(9-14)4-6-13(7-5-12)11(3)15/h10H,4-9H2,1-3H3. The molecule has 2 aliphatic rings. The summed E-state index contributed by atoms with van der Waals surface area (Å²) in [5.41, 5.74) is 0.552. The van der Waals surface area contributed by atoms with Crippen LogP contribution in [0.25, 0.3) is 0 Å². The second-order valence-corrected chi connectivity index (χ2v) is 5.50. The first-order valence-electron chi connectivity index (χ1n) is 6.02. The van der Waals surface area contributed by atoms with Crippen molar-refractivity contribution in [1.82, 2.24) is 9.80 Å². The van der Waals surface area contributed by atoms with E-state index in [9.17, 15) is 4.79 Å². The predicted molar refractivity (Wildman–Crippen MR) is 60.6 cm³/mol. The van der Waals surface area contributed by atoms with Gasteiger partial charge >= 0.3 is 0 Å². The molecule has 1 spiro atoms. The maximum atomic E-state index is 11.2. The van der Waals surface area contributed by atoms with E-state index in [1.54, 1.807) is 6.92 Å². The van der Waals surface area contributed by atoms with Gasteiger partial charge in [-0.3, -0.25) is 9.69 Å². The molecule has 2 fully saturated rings. The second-order valence-electron chi connectivity index (χ2n) is 5.50. The molecule has 0 atom stereocenters. The van der Waals surface area contributed by atoms with Crippen molar-refractivity contribution in [2.24, 2.45) is 5.41 Å². The van der Waals surface area contributed by atoms with Crippen LogP contribution < -0.4 is 0 Å². The molecule has 0 saturated carbocycles. The average Bonchev–Trinajstić information content (AvgIpc) is 2.13. The van der Waals surface area contributed by atoms with E-state index in [0.717, 1.165) is 13.1 Å². The van der Waals surface area contributed by atoms with E-state index < -0.39 is 0 Å². The minimum Gasteiger partial charge on any atom is -0.343 e. The summed E-state index contributed by atoms with van der Waals surface area (Å²) in [5, 5.41) is 0. The lowest BCUT2D eigenvalue weighted by molar-refractivity contribution is -0.134. The number of carbonyl (C=O) groups is 1. The first-order valence-corrected chi connectivity index (χ1v) is 6.02. The Hall–Kier alpha value is -0.570. The smallest absolute Gasteiger partial charge is 0.219 e. The molecule has 86 valence electrons. The number of hydrogen-bond donors (Lipinski definition) is 0. The summed E-state index contributed by atoms with van der Waals surface area (Å²) >= 11 is 0. The Kier molecular flexibility index (Phi) is 2.75. The molecule has 2 aliphatic heterocycles. The summed E-state index contributed by atoms with van der Waals surface area (Å²) in [6, 6.07) is 0.682. The third-order valence-corrected chi connectivity index (χ3v) is 4.08. The highest BCUT2D eigenvalue weighted by atomic mass is 16.2. The average molecular weight is 210 g/mol. The maximum absolute atomic E-state index is 11.2. The van der Waals surface area contributed by atoms with Crippen molar-refractivity contribution in [3.63, 3.8) is 0 Å². The van der Waals surface area contributed by atoms with E-state index in [0.29, 0.717) is 11.5 Å². The fourth-order valence-corrected chi connectivity index (χ4v) is 2.79. The van der Waals surface area contributed by atoms with Gasteiger partial charge in [-0.1, -0.05) is 0 Å². The van der Waals surface area contributed by atoms with Gasteiger partial charge in [0.2, 0.25) is 5.91 Å². The molecule has 3 nitrogen and oxygen atoms in total. The fourth-order valence-electron chi connectivity index (χ4n) is 2.79. The molecule has 0 aromatic rings. The van der Waals surface area contributed by atoms with E-state index in [2.05, 4.69) is 18.7 Å². The number of likely N-dealkylation sites (tertiary alicyclic amines) is 2. The van der Waals surface area contributed by atoms with Crippen LogP contribution in [0.3, 0.4) is 0 Å². The molecule has 2 rings (SSSR count). The van der Waals surface area contributed by atoms with Gasteiger partial charge in [0, 0.05) is 39.1 Å². The van der Waals surface area contributed by atoms with Crippen LogP contribution in [-0.2, 0) is 4.79 Å². The van der Waals surface area contributed by atoms with E-state index >= 15 is 0 Å². The first-order chi connectivity index (χ1) is 7.02. The fraction of sp³-hybridized carbons (Fsp3) is 0.917. The van der Waals surface area contributed by atoms with Gasteiger partial charge in [-0.15, -0.1) is 0 Å². The highest BCUT2D eigenvalue weighted by molar-refractivity contribution is 5.73. The molecule has 2 heterocycles. The molecule has 0 radical (unpaired) electrons. The Labute approximate surface area is 92.4 Å². The summed E-state index contributed by atoms with van der Waals surface area (Å²) in [6.45, 7) is 10.6. The highest BCUT2D eigenvalue weighted by Crippen LogP contribution is 2.41. The largest absolute Gasteiger partial charge is 0.343 e. The molecule has 0 N–H and O–H groups in total. The summed E-state index contributed by atoms with van der Waals surface area (Å²) in [6.07, 6.45) is 2.41. The third kappa shape index (κ3) is 2.03. The van der Waals surface area contributed by atoms with Crippen LogP contribution >= 0.6 is 0 Å². The van der Waals surface area contributed by atoms with Crippen molar-refractivity contribution >= 4 is 5.91 Å². The molecule has 3 heteroatoms. The molecule has 0 aliphatic carbocycles. The van der Waals surface area contributed by atoms with Crippen molar-refractivity contribution in [2.45, 2.75) is 39.7 Å². The normalized spacial score (nSPS) is 25.7. The van der Waals surface area contributed by atoms with Gasteiger partial charge in [0.25, 0.3) is 0 Å². The van der Waals surface area contributed by atoms with Crippen LogP contribution in [0, 0.1) is 5.41 Å². The van der Waals surface area contributed by atoms with Gasteiger partial charge in [-0.2, -0.15) is 0 Å². The number of carbonyl (C=O) groups excluding carboxylic acids is 1. The van der Waals surface area contributed by atoms with Gasteiger partial charge < -0.3 is 4.90 Å². The van der Waals surface area contributed by atoms with Gasteiger partial charge in [0.15, 0.2) is 0 Å². The van der Waals surface area contributed by atoms with Crippen LogP contribution in [0.1, 0.15) is 33.6 Å². The Balaban J connectivity index is 1.83. The zero-order chi connectivity index (χ0) is 11.1. The number of piperidine rings is 1. The van der Waals surface area contributed by atoms with Crippen molar-refractivity contribution in [3.8, 4) is 0 Å². The molecule has 15 heavy (non-hydrogen) atoms. The second kappa shape index (κ2) is 3.78. The van der Waals surface area contributed by atoms with Crippen LogP contribution in [-0.4, -0.2) is 47.9 Å². The number of rotatable bonds is 1. The summed E-state index contributed by atoms with van der Waals surface area (Å²) in [7, 11) is 0. The quantitative estimate of drug-likeness (QED) is 0.652. The monoisotopic (exact) mass is 210 g/mol. The van der Waals surface area contributed by atoms with Crippen LogP contribution in [0.15, 0.2) is 0 Å². The first kappa shape index (κ1) is 10.9. The Morgan fingerprint density at radius 2 is 1.73 bits per heavy atom. The molecule has 1 amide bonds. The van der Waals surface area contributed by atoms with Crippen molar-refractivity contribution < 1.29 is 4.79 Å². The van der Waals surface area contributed by atoms with Crippen LogP contribution in [0.5, 0.6) is 0 Å².